The zero-order chi connectivity index (χ0) is 14.7. The van der Waals surface area contributed by atoms with Gasteiger partial charge < -0.3 is 9.84 Å². The molecule has 0 bridgehead atoms. The zero-order valence-corrected chi connectivity index (χ0v) is 11.5. The average molecular weight is 282 g/mol. The lowest BCUT2D eigenvalue weighted by Gasteiger charge is -2.07. The molecule has 0 aliphatic heterocycles. The van der Waals surface area contributed by atoms with E-state index in [9.17, 15) is 4.79 Å². The number of pyridine rings is 1. The van der Waals surface area contributed by atoms with Crippen molar-refractivity contribution in [2.75, 3.05) is 5.32 Å². The van der Waals surface area contributed by atoms with Crippen LogP contribution in [-0.2, 0) is 6.54 Å². The summed E-state index contributed by atoms with van der Waals surface area (Å²) in [6, 6.07) is 10.9. The van der Waals surface area contributed by atoms with Crippen molar-refractivity contribution < 1.29 is 9.32 Å². The summed E-state index contributed by atoms with van der Waals surface area (Å²) in [5, 5.41) is 10.3. The van der Waals surface area contributed by atoms with Crippen LogP contribution in [0, 0.1) is 6.92 Å². The van der Waals surface area contributed by atoms with Gasteiger partial charge >= 0.3 is 6.03 Å². The second-order valence-electron chi connectivity index (χ2n) is 4.60. The number of aryl methyl sites for hydroxylation is 1. The molecule has 2 heterocycles. The molecule has 6 heteroatoms. The Labute approximate surface area is 121 Å². The van der Waals surface area contributed by atoms with Gasteiger partial charge in [0.1, 0.15) is 11.5 Å². The highest BCUT2D eigenvalue weighted by atomic mass is 16.5. The molecule has 0 saturated heterocycles. The lowest BCUT2D eigenvalue weighted by atomic mass is 10.2. The van der Waals surface area contributed by atoms with Gasteiger partial charge in [0, 0.05) is 11.6 Å². The van der Waals surface area contributed by atoms with Crippen molar-refractivity contribution in [3.63, 3.8) is 0 Å². The highest BCUT2D eigenvalue weighted by Gasteiger charge is 2.09. The van der Waals surface area contributed by atoms with Gasteiger partial charge in [-0.1, -0.05) is 23.4 Å². The van der Waals surface area contributed by atoms with Crippen molar-refractivity contribution in [1.29, 1.82) is 0 Å². The molecule has 0 aliphatic carbocycles. The molecule has 21 heavy (non-hydrogen) atoms. The van der Waals surface area contributed by atoms with E-state index in [1.165, 1.54) is 0 Å². The molecule has 1 aromatic carbocycles. The number of carbonyl (C=O) groups is 1. The minimum atomic E-state index is -0.330. The summed E-state index contributed by atoms with van der Waals surface area (Å²) in [5.41, 5.74) is 2.30. The van der Waals surface area contributed by atoms with Crippen molar-refractivity contribution in [3.05, 3.63) is 53.9 Å². The van der Waals surface area contributed by atoms with Gasteiger partial charge in [0.15, 0.2) is 5.58 Å². The largest absolute Gasteiger partial charge is 0.356 e. The lowest BCUT2D eigenvalue weighted by Crippen LogP contribution is -2.29. The van der Waals surface area contributed by atoms with Crippen LogP contribution < -0.4 is 10.6 Å². The maximum absolute atomic E-state index is 11.9. The molecule has 3 aromatic rings. The maximum atomic E-state index is 11.9. The molecule has 0 atom stereocenters. The monoisotopic (exact) mass is 282 g/mol. The molecule has 0 aliphatic rings. The number of benzene rings is 1. The molecule has 2 N–H and O–H groups in total. The molecular weight excluding hydrogens is 268 g/mol. The summed E-state index contributed by atoms with van der Waals surface area (Å²) in [6.07, 6.45) is 1.63. The number of hydrogen-bond acceptors (Lipinski definition) is 4. The van der Waals surface area contributed by atoms with Gasteiger partial charge in [-0.05, 0) is 30.7 Å². The maximum Gasteiger partial charge on any atom is 0.320 e. The quantitative estimate of drug-likeness (QED) is 0.774. The van der Waals surface area contributed by atoms with E-state index in [1.54, 1.807) is 6.20 Å². The Morgan fingerprint density at radius 1 is 1.24 bits per heavy atom. The van der Waals surface area contributed by atoms with Crippen molar-refractivity contribution >= 4 is 22.8 Å². The molecule has 0 unspecified atom stereocenters. The van der Waals surface area contributed by atoms with Crippen LogP contribution in [0.2, 0.25) is 0 Å². The number of rotatable bonds is 3. The summed E-state index contributed by atoms with van der Waals surface area (Å²) in [5.74, 6) is 0.542. The highest BCUT2D eigenvalue weighted by Crippen LogP contribution is 2.17. The van der Waals surface area contributed by atoms with Gasteiger partial charge in [-0.15, -0.1) is 0 Å². The van der Waals surface area contributed by atoms with Crippen molar-refractivity contribution in [3.8, 4) is 0 Å². The summed E-state index contributed by atoms with van der Waals surface area (Å²) >= 11 is 0. The number of nitrogens with one attached hydrogen (secondary N) is 2. The third kappa shape index (κ3) is 2.84. The van der Waals surface area contributed by atoms with E-state index < -0.39 is 0 Å². The topological polar surface area (TPSA) is 80.0 Å². The third-order valence-corrected chi connectivity index (χ3v) is 3.11. The SMILES string of the molecule is Cc1cccnc1NC(=O)NCc1noc2ccccc12. The standard InChI is InChI=1S/C15H14N4O2/c1-10-5-4-8-16-14(10)18-15(20)17-9-12-11-6-2-3-7-13(11)21-19-12/h2-8H,9H2,1H3,(H2,16,17,18,20). The number of anilines is 1. The Hall–Kier alpha value is -2.89. The number of hydrogen-bond donors (Lipinski definition) is 2. The zero-order valence-electron chi connectivity index (χ0n) is 11.5. The predicted molar refractivity (Wildman–Crippen MR) is 78.8 cm³/mol. The first kappa shape index (κ1) is 13.1. The molecule has 0 spiro atoms. The van der Waals surface area contributed by atoms with Gasteiger partial charge in [0.2, 0.25) is 0 Å². The molecular formula is C15H14N4O2. The van der Waals surface area contributed by atoms with E-state index in [4.69, 9.17) is 4.52 Å². The van der Waals surface area contributed by atoms with Crippen molar-refractivity contribution in [2.24, 2.45) is 0 Å². The van der Waals surface area contributed by atoms with Gasteiger partial charge in [-0.3, -0.25) is 5.32 Å². The fourth-order valence-electron chi connectivity index (χ4n) is 2.00. The number of nitrogens with zero attached hydrogens (tertiary/aromatic N) is 2. The number of urea groups is 1. The Morgan fingerprint density at radius 3 is 2.95 bits per heavy atom. The normalized spacial score (nSPS) is 10.5. The number of carbonyl (C=O) groups excluding carboxylic acids is 1. The highest BCUT2D eigenvalue weighted by molar-refractivity contribution is 5.89. The number of fused-ring (bicyclic) bond motifs is 1. The van der Waals surface area contributed by atoms with Crippen LogP contribution in [0.25, 0.3) is 11.0 Å². The van der Waals surface area contributed by atoms with Crippen LogP contribution in [0.5, 0.6) is 0 Å². The van der Waals surface area contributed by atoms with E-state index in [1.807, 2.05) is 43.3 Å². The van der Waals surface area contributed by atoms with Crippen molar-refractivity contribution in [2.45, 2.75) is 13.5 Å². The van der Waals surface area contributed by atoms with Crippen LogP contribution in [0.1, 0.15) is 11.3 Å². The fourth-order valence-corrected chi connectivity index (χ4v) is 2.00. The molecule has 0 radical (unpaired) electrons. The number of para-hydroxylation sites is 1. The second kappa shape index (κ2) is 5.62. The summed E-state index contributed by atoms with van der Waals surface area (Å²) in [4.78, 5) is 16.0. The number of aromatic nitrogens is 2. The van der Waals surface area contributed by atoms with Gasteiger partial charge in [-0.2, -0.15) is 0 Å². The fraction of sp³-hybridized carbons (Fsp3) is 0.133. The second-order valence-corrected chi connectivity index (χ2v) is 4.60. The molecule has 2 amide bonds. The molecule has 106 valence electrons. The van der Waals surface area contributed by atoms with Crippen LogP contribution in [0.3, 0.4) is 0 Å². The first-order valence-electron chi connectivity index (χ1n) is 6.54. The molecule has 0 saturated carbocycles. The van der Waals surface area contributed by atoms with E-state index in [-0.39, 0.29) is 12.6 Å². The summed E-state index contributed by atoms with van der Waals surface area (Å²) in [7, 11) is 0. The minimum Gasteiger partial charge on any atom is -0.356 e. The van der Waals surface area contributed by atoms with Crippen molar-refractivity contribution in [1.82, 2.24) is 15.5 Å². The third-order valence-electron chi connectivity index (χ3n) is 3.11. The summed E-state index contributed by atoms with van der Waals surface area (Å²) < 4.78 is 5.18. The summed E-state index contributed by atoms with van der Waals surface area (Å²) in [6.45, 7) is 2.17. The van der Waals surface area contributed by atoms with Crippen LogP contribution in [-0.4, -0.2) is 16.2 Å². The smallest absolute Gasteiger partial charge is 0.320 e. The molecule has 2 aromatic heterocycles. The average Bonchev–Trinajstić information content (AvgIpc) is 2.91. The van der Waals surface area contributed by atoms with E-state index in [0.29, 0.717) is 17.1 Å². The first-order chi connectivity index (χ1) is 10.2. The Kier molecular flexibility index (Phi) is 3.51. The minimum absolute atomic E-state index is 0.286. The molecule has 0 fully saturated rings. The molecule has 3 rings (SSSR count). The number of amides is 2. The first-order valence-corrected chi connectivity index (χ1v) is 6.54. The molecule has 6 nitrogen and oxygen atoms in total. The van der Waals surface area contributed by atoms with Crippen LogP contribution in [0.4, 0.5) is 10.6 Å². The van der Waals surface area contributed by atoms with E-state index in [2.05, 4.69) is 20.8 Å². The predicted octanol–water partition coefficient (Wildman–Crippen LogP) is 2.85. The van der Waals surface area contributed by atoms with Crippen LogP contribution >= 0.6 is 0 Å². The van der Waals surface area contributed by atoms with Gasteiger partial charge in [-0.25, -0.2) is 9.78 Å². The van der Waals surface area contributed by atoms with E-state index >= 15 is 0 Å². The lowest BCUT2D eigenvalue weighted by molar-refractivity contribution is 0.251. The van der Waals surface area contributed by atoms with E-state index in [0.717, 1.165) is 10.9 Å². The Balaban J connectivity index is 1.65. The van der Waals surface area contributed by atoms with Crippen LogP contribution in [0.15, 0.2) is 47.1 Å². The Bertz CT molecular complexity index is 782. The van der Waals surface area contributed by atoms with Gasteiger partial charge in [0.25, 0.3) is 0 Å². The Morgan fingerprint density at radius 2 is 2.10 bits per heavy atom. The van der Waals surface area contributed by atoms with Gasteiger partial charge in [0.05, 0.1) is 6.54 Å².